The van der Waals surface area contributed by atoms with E-state index in [2.05, 4.69) is 0 Å². The Hall–Kier alpha value is -2.85. The highest BCUT2D eigenvalue weighted by molar-refractivity contribution is 8.18. The molecule has 10 heteroatoms. The molecule has 0 spiro atoms. The Labute approximate surface area is 177 Å². The maximum atomic E-state index is 12.6. The third kappa shape index (κ3) is 5.61. The Bertz CT molecular complexity index is 847. The molecule has 0 saturated carbocycles. The van der Waals surface area contributed by atoms with Gasteiger partial charge in [0.2, 0.25) is 5.91 Å². The predicted molar refractivity (Wildman–Crippen MR) is 109 cm³/mol. The minimum Gasteiger partial charge on any atom is -0.482 e. The Balaban J connectivity index is 1.59. The maximum absolute atomic E-state index is 12.6. The molecule has 0 N–H and O–H groups in total. The fourth-order valence-electron chi connectivity index (χ4n) is 2.84. The molecule has 3 amide bonds. The second kappa shape index (κ2) is 10.3. The molecule has 160 valence electrons. The molecular formula is C20H22N2O7S. The van der Waals surface area contributed by atoms with Crippen LogP contribution in [0, 0.1) is 0 Å². The lowest BCUT2D eigenvalue weighted by atomic mass is 10.2. The van der Waals surface area contributed by atoms with E-state index in [4.69, 9.17) is 14.2 Å². The molecule has 9 nitrogen and oxygen atoms in total. The van der Waals surface area contributed by atoms with Gasteiger partial charge >= 0.3 is 5.97 Å². The smallest absolute Gasteiger partial charge is 0.344 e. The van der Waals surface area contributed by atoms with Crippen molar-refractivity contribution < 1.29 is 33.4 Å². The van der Waals surface area contributed by atoms with Gasteiger partial charge in [0.15, 0.2) is 6.61 Å². The van der Waals surface area contributed by atoms with Crippen LogP contribution in [0.3, 0.4) is 0 Å². The van der Waals surface area contributed by atoms with E-state index in [1.54, 1.807) is 42.2 Å². The van der Waals surface area contributed by atoms with Crippen molar-refractivity contribution in [2.75, 3.05) is 46.1 Å². The summed E-state index contributed by atoms with van der Waals surface area (Å²) >= 11 is 0.800. The lowest BCUT2D eigenvalue weighted by molar-refractivity contribution is -0.145. The first-order valence-corrected chi connectivity index (χ1v) is 10.3. The van der Waals surface area contributed by atoms with Crippen molar-refractivity contribution in [2.45, 2.75) is 6.92 Å². The molecule has 2 fully saturated rings. The molecule has 0 aliphatic carbocycles. The molecule has 1 aromatic rings. The van der Waals surface area contributed by atoms with Gasteiger partial charge < -0.3 is 19.1 Å². The molecule has 0 atom stereocenters. The first-order chi connectivity index (χ1) is 14.5. The quantitative estimate of drug-likeness (QED) is 0.470. The maximum Gasteiger partial charge on any atom is 0.344 e. The second-order valence-electron chi connectivity index (χ2n) is 6.42. The van der Waals surface area contributed by atoms with Crippen LogP contribution in [0.25, 0.3) is 6.08 Å². The monoisotopic (exact) mass is 434 g/mol. The molecule has 3 rings (SSSR count). The highest BCUT2D eigenvalue weighted by Gasteiger charge is 2.37. The minimum atomic E-state index is -0.491. The Morgan fingerprint density at radius 1 is 1.17 bits per heavy atom. The zero-order chi connectivity index (χ0) is 21.5. The number of imide groups is 1. The van der Waals surface area contributed by atoms with Crippen molar-refractivity contribution in [1.29, 1.82) is 0 Å². The van der Waals surface area contributed by atoms with Crippen LogP contribution in [-0.2, 0) is 23.9 Å². The Kier molecular flexibility index (Phi) is 7.47. The van der Waals surface area contributed by atoms with Crippen LogP contribution in [0.15, 0.2) is 29.2 Å². The van der Waals surface area contributed by atoms with E-state index in [0.29, 0.717) is 37.6 Å². The molecule has 2 heterocycles. The summed E-state index contributed by atoms with van der Waals surface area (Å²) < 4.78 is 15.3. The van der Waals surface area contributed by atoms with Crippen LogP contribution < -0.4 is 4.74 Å². The van der Waals surface area contributed by atoms with E-state index < -0.39 is 17.1 Å². The topological polar surface area (TPSA) is 102 Å². The zero-order valence-electron chi connectivity index (χ0n) is 16.5. The third-order valence-corrected chi connectivity index (χ3v) is 5.28. The van der Waals surface area contributed by atoms with E-state index >= 15 is 0 Å². The van der Waals surface area contributed by atoms with Crippen molar-refractivity contribution in [3.63, 3.8) is 0 Å². The largest absolute Gasteiger partial charge is 0.482 e. The van der Waals surface area contributed by atoms with Crippen LogP contribution >= 0.6 is 11.8 Å². The van der Waals surface area contributed by atoms with Gasteiger partial charge in [-0.3, -0.25) is 19.3 Å². The van der Waals surface area contributed by atoms with Crippen molar-refractivity contribution in [3.8, 4) is 5.75 Å². The number of ether oxygens (including phenoxy) is 3. The summed E-state index contributed by atoms with van der Waals surface area (Å²) in [5.74, 6) is -0.745. The third-order valence-electron chi connectivity index (χ3n) is 4.37. The van der Waals surface area contributed by atoms with E-state index in [-0.39, 0.29) is 30.6 Å². The van der Waals surface area contributed by atoms with Gasteiger partial charge in [-0.05, 0) is 42.5 Å². The number of nitrogens with zero attached hydrogens (tertiary/aromatic N) is 2. The van der Waals surface area contributed by atoms with E-state index in [0.717, 1.165) is 16.7 Å². The van der Waals surface area contributed by atoms with Crippen molar-refractivity contribution in [2.24, 2.45) is 0 Å². The lowest BCUT2D eigenvalue weighted by Crippen LogP contribution is -2.46. The molecule has 2 aliphatic heterocycles. The summed E-state index contributed by atoms with van der Waals surface area (Å²) in [6.07, 6.45) is 1.58. The molecule has 2 saturated heterocycles. The van der Waals surface area contributed by atoms with E-state index in [9.17, 15) is 19.2 Å². The van der Waals surface area contributed by atoms with Gasteiger partial charge in [-0.25, -0.2) is 4.79 Å². The van der Waals surface area contributed by atoms with Gasteiger partial charge in [-0.2, -0.15) is 0 Å². The number of amides is 3. The highest BCUT2D eigenvalue weighted by atomic mass is 32.2. The number of hydrogen-bond acceptors (Lipinski definition) is 8. The Morgan fingerprint density at radius 3 is 2.53 bits per heavy atom. The van der Waals surface area contributed by atoms with Gasteiger partial charge in [-0.15, -0.1) is 0 Å². The summed E-state index contributed by atoms with van der Waals surface area (Å²) in [6, 6.07) is 6.70. The number of thioether (sulfide) groups is 1. The normalized spacial score (nSPS) is 18.1. The molecule has 0 bridgehead atoms. The number of benzene rings is 1. The van der Waals surface area contributed by atoms with Crippen molar-refractivity contribution >= 4 is 40.9 Å². The SMILES string of the molecule is CCOC(=O)COc1ccc(C=C2SC(=O)N(CC(=O)N3CCOCC3)C2=O)cc1. The second-order valence-corrected chi connectivity index (χ2v) is 7.42. The van der Waals surface area contributed by atoms with E-state index in [1.807, 2.05) is 0 Å². The summed E-state index contributed by atoms with van der Waals surface area (Å²) in [7, 11) is 0. The van der Waals surface area contributed by atoms with Crippen LogP contribution in [-0.4, -0.2) is 78.9 Å². The summed E-state index contributed by atoms with van der Waals surface area (Å²) in [5, 5.41) is -0.470. The fourth-order valence-corrected chi connectivity index (χ4v) is 3.68. The lowest BCUT2D eigenvalue weighted by Gasteiger charge is -2.28. The predicted octanol–water partition coefficient (Wildman–Crippen LogP) is 1.52. The van der Waals surface area contributed by atoms with Crippen LogP contribution in [0.2, 0.25) is 0 Å². The van der Waals surface area contributed by atoms with Gasteiger partial charge in [0.1, 0.15) is 12.3 Å². The molecule has 0 unspecified atom stereocenters. The summed E-state index contributed by atoms with van der Waals surface area (Å²) in [5.41, 5.74) is 0.684. The molecule has 2 aliphatic rings. The molecule has 0 radical (unpaired) electrons. The van der Waals surface area contributed by atoms with E-state index in [1.165, 1.54) is 0 Å². The first kappa shape index (κ1) is 21.8. The van der Waals surface area contributed by atoms with Crippen LogP contribution in [0.4, 0.5) is 4.79 Å². The van der Waals surface area contributed by atoms with Gasteiger partial charge in [0.05, 0.1) is 24.7 Å². The molecule has 0 aromatic heterocycles. The standard InChI is InChI=1S/C20H22N2O7S/c1-2-28-18(24)13-29-15-5-3-14(4-6-15)11-16-19(25)22(20(26)30-16)12-17(23)21-7-9-27-10-8-21/h3-6,11H,2,7-10,12-13H2,1H3. The summed E-state index contributed by atoms with van der Waals surface area (Å²) in [4.78, 5) is 51.3. The van der Waals surface area contributed by atoms with Gasteiger partial charge in [0, 0.05) is 13.1 Å². The van der Waals surface area contributed by atoms with Gasteiger partial charge in [0.25, 0.3) is 11.1 Å². The van der Waals surface area contributed by atoms with Gasteiger partial charge in [-0.1, -0.05) is 12.1 Å². The first-order valence-electron chi connectivity index (χ1n) is 9.47. The van der Waals surface area contributed by atoms with Crippen molar-refractivity contribution in [1.82, 2.24) is 9.80 Å². The molecule has 30 heavy (non-hydrogen) atoms. The number of esters is 1. The average Bonchev–Trinajstić information content (AvgIpc) is 3.01. The number of carbonyl (C=O) groups excluding carboxylic acids is 4. The fraction of sp³-hybridized carbons (Fsp3) is 0.400. The van der Waals surface area contributed by atoms with Crippen LogP contribution in [0.5, 0.6) is 5.75 Å². The summed E-state index contributed by atoms with van der Waals surface area (Å²) in [6.45, 7) is 3.35. The Morgan fingerprint density at radius 2 is 1.87 bits per heavy atom. The highest BCUT2D eigenvalue weighted by Crippen LogP contribution is 2.32. The molecule has 1 aromatic carbocycles. The number of rotatable bonds is 7. The number of morpholine rings is 1. The number of carbonyl (C=O) groups is 4. The zero-order valence-corrected chi connectivity index (χ0v) is 17.3. The minimum absolute atomic E-state index is 0.191. The number of hydrogen-bond donors (Lipinski definition) is 0. The van der Waals surface area contributed by atoms with Crippen LogP contribution in [0.1, 0.15) is 12.5 Å². The van der Waals surface area contributed by atoms with Crippen molar-refractivity contribution in [3.05, 3.63) is 34.7 Å². The average molecular weight is 434 g/mol. The molecular weight excluding hydrogens is 412 g/mol.